The van der Waals surface area contributed by atoms with Gasteiger partial charge < -0.3 is 9.80 Å². The minimum atomic E-state index is 0.391. The van der Waals surface area contributed by atoms with E-state index in [1.54, 1.807) is 6.20 Å². The summed E-state index contributed by atoms with van der Waals surface area (Å²) in [6.07, 6.45) is 1.80. The molecule has 106 valence electrons. The highest BCUT2D eigenvalue weighted by atomic mass is 35.5. The Hall–Kier alpha value is -1.81. The van der Waals surface area contributed by atoms with Gasteiger partial charge in [-0.25, -0.2) is 4.98 Å². The van der Waals surface area contributed by atoms with Crippen LogP contribution in [-0.4, -0.2) is 38.2 Å². The summed E-state index contributed by atoms with van der Waals surface area (Å²) in [6, 6.07) is 8.02. The number of aromatic nitrogens is 2. The normalized spacial score (nSPS) is 10.4. The van der Waals surface area contributed by atoms with Gasteiger partial charge in [0.2, 0.25) is 0 Å². The molecule has 0 aromatic carbocycles. The van der Waals surface area contributed by atoms with Gasteiger partial charge in [-0.1, -0.05) is 0 Å². The Morgan fingerprint density at radius 1 is 0.950 bits per heavy atom. The zero-order chi connectivity index (χ0) is 14.7. The van der Waals surface area contributed by atoms with Crippen molar-refractivity contribution in [2.75, 3.05) is 38.0 Å². The molecular weight excluding hydrogens is 272 g/mol. The molecule has 0 radical (unpaired) electrons. The smallest absolute Gasteiger partial charge is 0.0911 e. The van der Waals surface area contributed by atoms with Crippen molar-refractivity contribution in [3.05, 3.63) is 36.2 Å². The van der Waals surface area contributed by atoms with Crippen molar-refractivity contribution in [2.24, 2.45) is 0 Å². The van der Waals surface area contributed by atoms with Crippen molar-refractivity contribution < 1.29 is 0 Å². The molecule has 2 aromatic heterocycles. The average molecular weight is 291 g/mol. The molecule has 2 aromatic rings. The van der Waals surface area contributed by atoms with Crippen LogP contribution < -0.4 is 9.80 Å². The highest BCUT2D eigenvalue weighted by Crippen LogP contribution is 2.25. The van der Waals surface area contributed by atoms with E-state index in [2.05, 4.69) is 9.97 Å². The summed E-state index contributed by atoms with van der Waals surface area (Å²) in [5.74, 6) is 0.391. The SMILES string of the molecule is CN(C)c1ccnc(-c2cc(N(C)C)cc(CCl)n2)c1. The maximum absolute atomic E-state index is 5.94. The van der Waals surface area contributed by atoms with Crippen LogP contribution in [0.15, 0.2) is 30.5 Å². The predicted octanol–water partition coefficient (Wildman–Crippen LogP) is 3.01. The van der Waals surface area contributed by atoms with Gasteiger partial charge in [0, 0.05) is 45.8 Å². The van der Waals surface area contributed by atoms with Crippen molar-refractivity contribution in [3.8, 4) is 11.4 Å². The fraction of sp³-hybridized carbons (Fsp3) is 0.333. The molecule has 0 N–H and O–H groups in total. The van der Waals surface area contributed by atoms with Gasteiger partial charge in [-0.3, -0.25) is 4.98 Å². The zero-order valence-corrected chi connectivity index (χ0v) is 13.0. The van der Waals surface area contributed by atoms with Gasteiger partial charge in [0.05, 0.1) is 23.0 Å². The molecule has 0 aliphatic carbocycles. The van der Waals surface area contributed by atoms with Crippen LogP contribution >= 0.6 is 11.6 Å². The van der Waals surface area contributed by atoms with E-state index in [4.69, 9.17) is 11.6 Å². The molecule has 0 bridgehead atoms. The molecule has 0 saturated carbocycles. The fourth-order valence-corrected chi connectivity index (χ4v) is 2.00. The Balaban J connectivity index is 2.51. The van der Waals surface area contributed by atoms with Gasteiger partial charge >= 0.3 is 0 Å². The minimum Gasteiger partial charge on any atom is -0.378 e. The summed E-state index contributed by atoms with van der Waals surface area (Å²) < 4.78 is 0. The van der Waals surface area contributed by atoms with E-state index in [0.717, 1.165) is 28.5 Å². The van der Waals surface area contributed by atoms with Gasteiger partial charge in [-0.05, 0) is 24.3 Å². The first-order valence-electron chi connectivity index (χ1n) is 6.39. The fourth-order valence-electron chi connectivity index (χ4n) is 1.87. The Labute approximate surface area is 125 Å². The lowest BCUT2D eigenvalue weighted by Crippen LogP contribution is -2.10. The topological polar surface area (TPSA) is 32.3 Å². The van der Waals surface area contributed by atoms with Crippen molar-refractivity contribution in [2.45, 2.75) is 5.88 Å². The molecule has 2 rings (SSSR count). The number of anilines is 2. The first-order valence-corrected chi connectivity index (χ1v) is 6.92. The van der Waals surface area contributed by atoms with Gasteiger partial charge in [0.1, 0.15) is 0 Å². The first-order chi connectivity index (χ1) is 9.51. The molecule has 0 fully saturated rings. The number of halogens is 1. The van der Waals surface area contributed by atoms with E-state index < -0.39 is 0 Å². The second kappa shape index (κ2) is 6.09. The third-order valence-corrected chi connectivity index (χ3v) is 3.31. The van der Waals surface area contributed by atoms with E-state index in [0.29, 0.717) is 5.88 Å². The van der Waals surface area contributed by atoms with Crippen LogP contribution in [-0.2, 0) is 5.88 Å². The Bertz CT molecular complexity index is 596. The summed E-state index contributed by atoms with van der Waals surface area (Å²) in [5.41, 5.74) is 4.72. The molecule has 0 atom stereocenters. The first kappa shape index (κ1) is 14.6. The highest BCUT2D eigenvalue weighted by Gasteiger charge is 2.08. The lowest BCUT2D eigenvalue weighted by Gasteiger charge is -2.16. The average Bonchev–Trinajstić information content (AvgIpc) is 2.46. The van der Waals surface area contributed by atoms with Crippen LogP contribution in [0.1, 0.15) is 5.69 Å². The number of rotatable bonds is 4. The minimum absolute atomic E-state index is 0.391. The van der Waals surface area contributed by atoms with Crippen LogP contribution in [0.3, 0.4) is 0 Å². The van der Waals surface area contributed by atoms with E-state index in [-0.39, 0.29) is 0 Å². The predicted molar refractivity (Wildman–Crippen MR) is 85.7 cm³/mol. The van der Waals surface area contributed by atoms with Gasteiger partial charge in [0.25, 0.3) is 0 Å². The Kier molecular flexibility index (Phi) is 4.45. The summed E-state index contributed by atoms with van der Waals surface area (Å²) in [4.78, 5) is 13.1. The van der Waals surface area contributed by atoms with Crippen molar-refractivity contribution in [3.63, 3.8) is 0 Å². The number of nitrogens with zero attached hydrogens (tertiary/aromatic N) is 4. The third-order valence-electron chi connectivity index (χ3n) is 3.04. The van der Waals surface area contributed by atoms with Crippen LogP contribution in [0.5, 0.6) is 0 Å². The van der Waals surface area contributed by atoms with Gasteiger partial charge in [-0.2, -0.15) is 0 Å². The quantitative estimate of drug-likeness (QED) is 0.810. The monoisotopic (exact) mass is 290 g/mol. The van der Waals surface area contributed by atoms with Crippen molar-refractivity contribution >= 4 is 23.0 Å². The summed E-state index contributed by atoms with van der Waals surface area (Å²) >= 11 is 5.94. The molecule has 4 nitrogen and oxygen atoms in total. The molecule has 0 spiro atoms. The molecule has 5 heteroatoms. The largest absolute Gasteiger partial charge is 0.378 e. The summed E-state index contributed by atoms with van der Waals surface area (Å²) in [7, 11) is 8.02. The van der Waals surface area contributed by atoms with Crippen molar-refractivity contribution in [1.82, 2.24) is 9.97 Å². The maximum Gasteiger partial charge on any atom is 0.0911 e. The van der Waals surface area contributed by atoms with E-state index in [9.17, 15) is 0 Å². The van der Waals surface area contributed by atoms with Crippen LogP contribution in [0.2, 0.25) is 0 Å². The number of hydrogen-bond acceptors (Lipinski definition) is 4. The molecule has 0 saturated heterocycles. The second-order valence-electron chi connectivity index (χ2n) is 5.02. The molecule has 2 heterocycles. The Morgan fingerprint density at radius 2 is 1.60 bits per heavy atom. The molecule has 0 aliphatic heterocycles. The van der Waals surface area contributed by atoms with Crippen LogP contribution in [0.4, 0.5) is 11.4 Å². The van der Waals surface area contributed by atoms with E-state index in [1.807, 2.05) is 62.3 Å². The lowest BCUT2D eigenvalue weighted by atomic mass is 10.2. The number of alkyl halides is 1. The van der Waals surface area contributed by atoms with E-state index >= 15 is 0 Å². The summed E-state index contributed by atoms with van der Waals surface area (Å²) in [5, 5.41) is 0. The molecule has 0 aliphatic rings. The molecule has 0 amide bonds. The van der Waals surface area contributed by atoms with E-state index in [1.165, 1.54) is 0 Å². The van der Waals surface area contributed by atoms with Gasteiger partial charge in [0.15, 0.2) is 0 Å². The van der Waals surface area contributed by atoms with Gasteiger partial charge in [-0.15, -0.1) is 11.6 Å². The third kappa shape index (κ3) is 3.20. The second-order valence-corrected chi connectivity index (χ2v) is 5.29. The highest BCUT2D eigenvalue weighted by molar-refractivity contribution is 6.16. The summed E-state index contributed by atoms with van der Waals surface area (Å²) in [6.45, 7) is 0. The number of hydrogen-bond donors (Lipinski definition) is 0. The van der Waals surface area contributed by atoms with Crippen molar-refractivity contribution in [1.29, 1.82) is 0 Å². The maximum atomic E-state index is 5.94. The van der Waals surface area contributed by atoms with Crippen LogP contribution in [0, 0.1) is 0 Å². The number of pyridine rings is 2. The Morgan fingerprint density at radius 3 is 2.20 bits per heavy atom. The molecular formula is C15H19ClN4. The molecule has 0 unspecified atom stereocenters. The van der Waals surface area contributed by atoms with Crippen LogP contribution in [0.25, 0.3) is 11.4 Å². The standard InChI is InChI=1S/C15H19ClN4/c1-19(2)12-5-6-17-14(8-12)15-9-13(20(3)4)7-11(10-16)18-15/h5-9H,10H2,1-4H3. The lowest BCUT2D eigenvalue weighted by molar-refractivity contribution is 1.08. The molecule has 20 heavy (non-hydrogen) atoms. The zero-order valence-electron chi connectivity index (χ0n) is 12.3.